The highest BCUT2D eigenvalue weighted by Crippen LogP contribution is 2.35. The van der Waals surface area contributed by atoms with E-state index >= 15 is 0 Å². The van der Waals surface area contributed by atoms with Crippen molar-refractivity contribution in [1.29, 1.82) is 0 Å². The molecule has 5 heteroatoms. The Labute approximate surface area is 175 Å². The SMILES string of the molecule is Nc1ccccc1Nc1cccc(-c2cccc(Nc3ccc(Cl)cc3)c2N)c1. The van der Waals surface area contributed by atoms with E-state index in [1.54, 1.807) is 0 Å². The van der Waals surface area contributed by atoms with Gasteiger partial charge in [0.2, 0.25) is 0 Å². The van der Waals surface area contributed by atoms with E-state index in [0.29, 0.717) is 16.4 Å². The van der Waals surface area contributed by atoms with Gasteiger partial charge < -0.3 is 22.1 Å². The first-order chi connectivity index (χ1) is 14.1. The Kier molecular flexibility index (Phi) is 5.27. The van der Waals surface area contributed by atoms with E-state index in [-0.39, 0.29) is 0 Å². The molecule has 0 saturated carbocycles. The summed E-state index contributed by atoms with van der Waals surface area (Å²) in [5.74, 6) is 0. The van der Waals surface area contributed by atoms with Crippen LogP contribution in [0.4, 0.5) is 34.1 Å². The fourth-order valence-corrected chi connectivity index (χ4v) is 3.27. The van der Waals surface area contributed by atoms with Crippen LogP contribution < -0.4 is 22.1 Å². The highest BCUT2D eigenvalue weighted by molar-refractivity contribution is 6.30. The summed E-state index contributed by atoms with van der Waals surface area (Å²) >= 11 is 5.97. The number of benzene rings is 4. The van der Waals surface area contributed by atoms with E-state index in [0.717, 1.165) is 33.9 Å². The maximum atomic E-state index is 6.49. The van der Waals surface area contributed by atoms with Crippen LogP contribution in [0, 0.1) is 0 Å². The fraction of sp³-hybridized carbons (Fsp3) is 0. The largest absolute Gasteiger partial charge is 0.397 e. The molecule has 0 amide bonds. The summed E-state index contributed by atoms with van der Waals surface area (Å²) in [7, 11) is 0. The van der Waals surface area contributed by atoms with Gasteiger partial charge in [-0.1, -0.05) is 48.0 Å². The number of nitrogens with two attached hydrogens (primary N) is 2. The Morgan fingerprint density at radius 2 is 1.31 bits per heavy atom. The zero-order chi connectivity index (χ0) is 20.2. The lowest BCUT2D eigenvalue weighted by Crippen LogP contribution is -1.99. The molecule has 0 unspecified atom stereocenters. The van der Waals surface area contributed by atoms with Crippen molar-refractivity contribution in [2.75, 3.05) is 22.1 Å². The Bertz CT molecular complexity index is 1140. The number of nitrogen functional groups attached to an aromatic ring is 2. The lowest BCUT2D eigenvalue weighted by Gasteiger charge is -2.15. The van der Waals surface area contributed by atoms with E-state index in [9.17, 15) is 0 Å². The molecule has 0 aliphatic carbocycles. The maximum absolute atomic E-state index is 6.49. The quantitative estimate of drug-likeness (QED) is 0.282. The first-order valence-electron chi connectivity index (χ1n) is 9.23. The third-order valence-electron chi connectivity index (χ3n) is 4.64. The van der Waals surface area contributed by atoms with Crippen LogP contribution in [0.3, 0.4) is 0 Å². The summed E-state index contributed by atoms with van der Waals surface area (Å²) in [6, 6.07) is 29.3. The molecule has 4 aromatic carbocycles. The van der Waals surface area contributed by atoms with Crippen LogP contribution >= 0.6 is 11.6 Å². The lowest BCUT2D eigenvalue weighted by atomic mass is 10.0. The van der Waals surface area contributed by atoms with Crippen LogP contribution in [0.5, 0.6) is 0 Å². The average Bonchev–Trinajstić information content (AvgIpc) is 2.73. The third kappa shape index (κ3) is 4.28. The van der Waals surface area contributed by atoms with Crippen molar-refractivity contribution in [3.63, 3.8) is 0 Å². The number of hydrogen-bond acceptors (Lipinski definition) is 4. The van der Waals surface area contributed by atoms with Gasteiger partial charge in [-0.2, -0.15) is 0 Å². The molecule has 0 saturated heterocycles. The van der Waals surface area contributed by atoms with Crippen molar-refractivity contribution in [2.24, 2.45) is 0 Å². The van der Waals surface area contributed by atoms with Gasteiger partial charge in [-0.25, -0.2) is 0 Å². The van der Waals surface area contributed by atoms with Crippen molar-refractivity contribution in [2.45, 2.75) is 0 Å². The molecule has 0 aliphatic rings. The second-order valence-corrected chi connectivity index (χ2v) is 7.13. The van der Waals surface area contributed by atoms with Crippen molar-refractivity contribution in [3.05, 3.63) is 96.0 Å². The molecule has 29 heavy (non-hydrogen) atoms. The van der Waals surface area contributed by atoms with E-state index in [2.05, 4.69) is 16.7 Å². The highest BCUT2D eigenvalue weighted by atomic mass is 35.5. The summed E-state index contributed by atoms with van der Waals surface area (Å²) in [6.45, 7) is 0. The Morgan fingerprint density at radius 3 is 2.10 bits per heavy atom. The van der Waals surface area contributed by atoms with Crippen LogP contribution in [0.2, 0.25) is 5.02 Å². The molecular weight excluding hydrogens is 380 g/mol. The molecular formula is C24H21ClN4. The minimum atomic E-state index is 0.679. The van der Waals surface area contributed by atoms with Crippen LogP contribution in [-0.4, -0.2) is 0 Å². The standard InChI is InChI=1S/C24H21ClN4/c25-17-11-13-18(14-12-17)28-23-10-4-7-20(24(23)27)16-5-3-6-19(15-16)29-22-9-2-1-8-21(22)26/h1-15,28-29H,26-27H2. The number of anilines is 6. The molecule has 0 spiro atoms. The fourth-order valence-electron chi connectivity index (χ4n) is 3.15. The zero-order valence-electron chi connectivity index (χ0n) is 15.7. The van der Waals surface area contributed by atoms with Gasteiger partial charge in [0.25, 0.3) is 0 Å². The monoisotopic (exact) mass is 400 g/mol. The average molecular weight is 401 g/mol. The molecule has 0 aromatic heterocycles. The van der Waals surface area contributed by atoms with Gasteiger partial charge in [-0.3, -0.25) is 0 Å². The highest BCUT2D eigenvalue weighted by Gasteiger charge is 2.09. The van der Waals surface area contributed by atoms with Gasteiger partial charge in [-0.05, 0) is 60.2 Å². The van der Waals surface area contributed by atoms with E-state index in [1.807, 2.05) is 84.9 Å². The van der Waals surface area contributed by atoms with Crippen molar-refractivity contribution < 1.29 is 0 Å². The van der Waals surface area contributed by atoms with Crippen molar-refractivity contribution in [3.8, 4) is 11.1 Å². The summed E-state index contributed by atoms with van der Waals surface area (Å²) in [4.78, 5) is 0. The number of nitrogens with one attached hydrogen (secondary N) is 2. The maximum Gasteiger partial charge on any atom is 0.0633 e. The van der Waals surface area contributed by atoms with Gasteiger partial charge in [0.05, 0.1) is 22.7 Å². The molecule has 4 rings (SSSR count). The summed E-state index contributed by atoms with van der Waals surface area (Å²) in [5, 5.41) is 7.42. The topological polar surface area (TPSA) is 76.1 Å². The second-order valence-electron chi connectivity index (χ2n) is 6.69. The van der Waals surface area contributed by atoms with Crippen LogP contribution in [0.25, 0.3) is 11.1 Å². The predicted octanol–water partition coefficient (Wildman–Crippen LogP) is 6.66. The lowest BCUT2D eigenvalue weighted by molar-refractivity contribution is 1.52. The molecule has 4 aromatic rings. The smallest absolute Gasteiger partial charge is 0.0633 e. The molecule has 4 nitrogen and oxygen atoms in total. The van der Waals surface area contributed by atoms with Gasteiger partial charge in [0.15, 0.2) is 0 Å². The first-order valence-corrected chi connectivity index (χ1v) is 9.61. The molecule has 0 aliphatic heterocycles. The molecule has 144 valence electrons. The van der Waals surface area contributed by atoms with Crippen LogP contribution in [-0.2, 0) is 0 Å². The number of para-hydroxylation sites is 3. The normalized spacial score (nSPS) is 10.5. The van der Waals surface area contributed by atoms with Gasteiger partial charge in [0, 0.05) is 22.0 Å². The first kappa shape index (κ1) is 18.7. The molecule has 0 bridgehead atoms. The summed E-state index contributed by atoms with van der Waals surface area (Å²) in [6.07, 6.45) is 0. The Balaban J connectivity index is 1.63. The summed E-state index contributed by atoms with van der Waals surface area (Å²) in [5.41, 5.74) is 19.5. The minimum Gasteiger partial charge on any atom is -0.397 e. The van der Waals surface area contributed by atoms with Crippen LogP contribution in [0.15, 0.2) is 91.0 Å². The third-order valence-corrected chi connectivity index (χ3v) is 4.89. The molecule has 0 heterocycles. The molecule has 6 N–H and O–H groups in total. The number of rotatable bonds is 5. The molecule has 0 radical (unpaired) electrons. The molecule has 0 fully saturated rings. The van der Waals surface area contributed by atoms with Gasteiger partial charge >= 0.3 is 0 Å². The number of halogens is 1. The summed E-state index contributed by atoms with van der Waals surface area (Å²) < 4.78 is 0. The minimum absolute atomic E-state index is 0.679. The van der Waals surface area contributed by atoms with Crippen molar-refractivity contribution in [1.82, 2.24) is 0 Å². The van der Waals surface area contributed by atoms with E-state index in [4.69, 9.17) is 23.1 Å². The predicted molar refractivity (Wildman–Crippen MR) is 125 cm³/mol. The molecule has 0 atom stereocenters. The Hall–Kier alpha value is -3.63. The van der Waals surface area contributed by atoms with Crippen molar-refractivity contribution >= 4 is 45.7 Å². The van der Waals surface area contributed by atoms with Gasteiger partial charge in [0.1, 0.15) is 0 Å². The Morgan fingerprint density at radius 1 is 0.621 bits per heavy atom. The van der Waals surface area contributed by atoms with E-state index < -0.39 is 0 Å². The number of hydrogen-bond donors (Lipinski definition) is 4. The van der Waals surface area contributed by atoms with Gasteiger partial charge in [-0.15, -0.1) is 0 Å². The zero-order valence-corrected chi connectivity index (χ0v) is 16.4. The van der Waals surface area contributed by atoms with E-state index in [1.165, 1.54) is 0 Å². The second kappa shape index (κ2) is 8.17. The van der Waals surface area contributed by atoms with Crippen LogP contribution in [0.1, 0.15) is 0 Å².